The maximum absolute atomic E-state index is 12.5. The number of methoxy groups -OCH3 is 1. The second kappa shape index (κ2) is 6.96. The van der Waals surface area contributed by atoms with Crippen molar-refractivity contribution in [3.8, 4) is 0 Å². The summed E-state index contributed by atoms with van der Waals surface area (Å²) in [6.07, 6.45) is 0. The van der Waals surface area contributed by atoms with E-state index in [2.05, 4.69) is 17.0 Å². The Balaban J connectivity index is 1.87. The molecule has 3 rings (SSSR count). The lowest BCUT2D eigenvalue weighted by Gasteiger charge is -2.28. The normalized spacial score (nSPS) is 24.0. The fourth-order valence-electron chi connectivity index (χ4n) is 3.67. The first-order valence-corrected chi connectivity index (χ1v) is 8.51. The van der Waals surface area contributed by atoms with E-state index < -0.39 is 5.41 Å². The van der Waals surface area contributed by atoms with Crippen LogP contribution in [0.3, 0.4) is 0 Å². The quantitative estimate of drug-likeness (QED) is 0.782. The van der Waals surface area contributed by atoms with Crippen LogP contribution < -0.4 is 0 Å². The smallest absolute Gasteiger partial charge is 0.313 e. The number of hydrogen-bond acceptors (Lipinski definition) is 3. The summed E-state index contributed by atoms with van der Waals surface area (Å²) in [7, 11) is 1.46. The molecule has 1 fully saturated rings. The van der Waals surface area contributed by atoms with Crippen LogP contribution in [0, 0.1) is 5.41 Å². The number of likely N-dealkylation sites (tertiary alicyclic amines) is 1. The van der Waals surface area contributed by atoms with E-state index in [9.17, 15) is 4.79 Å². The molecular formula is C20H22ClNO2. The number of hydrogen-bond donors (Lipinski definition) is 0. The van der Waals surface area contributed by atoms with Gasteiger partial charge in [-0.3, -0.25) is 9.69 Å². The third-order valence-corrected chi connectivity index (χ3v) is 5.19. The Labute approximate surface area is 148 Å². The molecule has 3 nitrogen and oxygen atoms in total. The van der Waals surface area contributed by atoms with Crippen LogP contribution in [0.25, 0.3) is 0 Å². The molecule has 2 atom stereocenters. The zero-order chi connectivity index (χ0) is 17.2. The summed E-state index contributed by atoms with van der Waals surface area (Å²) in [5.41, 5.74) is 1.82. The number of halogens is 1. The minimum absolute atomic E-state index is 0.0888. The van der Waals surface area contributed by atoms with E-state index in [-0.39, 0.29) is 11.9 Å². The molecule has 4 heteroatoms. The van der Waals surface area contributed by atoms with Crippen molar-refractivity contribution in [2.24, 2.45) is 5.41 Å². The van der Waals surface area contributed by atoms with Crippen molar-refractivity contribution in [1.82, 2.24) is 4.90 Å². The van der Waals surface area contributed by atoms with Crippen molar-refractivity contribution in [3.63, 3.8) is 0 Å². The standard InChI is InChI=1S/C20H22ClNO2/c1-20(19(23)24-2)14-22(12-15-6-4-3-5-7-15)13-18(20)16-8-10-17(21)11-9-16/h3-11,18H,12-14H2,1-2H3. The molecule has 0 bridgehead atoms. The first-order valence-electron chi connectivity index (χ1n) is 8.13. The molecule has 1 aliphatic rings. The van der Waals surface area contributed by atoms with Gasteiger partial charge in [0.2, 0.25) is 0 Å². The molecule has 1 heterocycles. The van der Waals surface area contributed by atoms with Gasteiger partial charge in [0.05, 0.1) is 12.5 Å². The lowest BCUT2D eigenvalue weighted by atomic mass is 9.76. The fraction of sp³-hybridized carbons (Fsp3) is 0.350. The SMILES string of the molecule is COC(=O)C1(C)CN(Cc2ccccc2)CC1c1ccc(Cl)cc1. The largest absolute Gasteiger partial charge is 0.469 e. The van der Waals surface area contributed by atoms with E-state index >= 15 is 0 Å². The number of carbonyl (C=O) groups excluding carboxylic acids is 1. The monoisotopic (exact) mass is 343 g/mol. The first-order chi connectivity index (χ1) is 11.5. The molecule has 0 aliphatic carbocycles. The van der Waals surface area contributed by atoms with Crippen molar-refractivity contribution in [1.29, 1.82) is 0 Å². The van der Waals surface area contributed by atoms with Gasteiger partial charge in [0, 0.05) is 30.6 Å². The van der Waals surface area contributed by atoms with Gasteiger partial charge >= 0.3 is 5.97 Å². The highest BCUT2D eigenvalue weighted by atomic mass is 35.5. The topological polar surface area (TPSA) is 29.5 Å². The van der Waals surface area contributed by atoms with Crippen LogP contribution in [0.2, 0.25) is 5.02 Å². The predicted molar refractivity (Wildman–Crippen MR) is 96.0 cm³/mol. The average Bonchev–Trinajstić information content (AvgIpc) is 2.93. The highest BCUT2D eigenvalue weighted by molar-refractivity contribution is 6.30. The third kappa shape index (κ3) is 3.33. The Morgan fingerprint density at radius 3 is 2.50 bits per heavy atom. The van der Waals surface area contributed by atoms with Crippen LogP contribution in [-0.4, -0.2) is 31.1 Å². The van der Waals surface area contributed by atoms with Crippen LogP contribution in [0.15, 0.2) is 54.6 Å². The summed E-state index contributed by atoms with van der Waals surface area (Å²) in [6, 6.07) is 18.1. The minimum Gasteiger partial charge on any atom is -0.469 e. The van der Waals surface area contributed by atoms with Crippen LogP contribution in [-0.2, 0) is 16.1 Å². The fourth-order valence-corrected chi connectivity index (χ4v) is 3.80. The van der Waals surface area contributed by atoms with Crippen molar-refractivity contribution in [2.45, 2.75) is 19.4 Å². The average molecular weight is 344 g/mol. The predicted octanol–water partition coefficient (Wildman–Crippen LogP) is 4.12. The third-order valence-electron chi connectivity index (χ3n) is 4.94. The second-order valence-electron chi connectivity index (χ2n) is 6.67. The highest BCUT2D eigenvalue weighted by Gasteiger charge is 2.49. The summed E-state index contributed by atoms with van der Waals surface area (Å²) < 4.78 is 5.12. The molecule has 0 radical (unpaired) electrons. The lowest BCUT2D eigenvalue weighted by molar-refractivity contribution is -0.151. The van der Waals surface area contributed by atoms with Crippen LogP contribution in [0.5, 0.6) is 0 Å². The Morgan fingerprint density at radius 2 is 1.88 bits per heavy atom. The van der Waals surface area contributed by atoms with E-state index in [0.717, 1.165) is 18.7 Å². The molecule has 0 N–H and O–H groups in total. The molecule has 2 aromatic rings. The molecule has 1 saturated heterocycles. The summed E-state index contributed by atoms with van der Waals surface area (Å²) in [5.74, 6) is -0.0658. The van der Waals surface area contributed by atoms with Gasteiger partial charge in [-0.05, 0) is 30.2 Å². The molecule has 0 amide bonds. The summed E-state index contributed by atoms with van der Waals surface area (Å²) >= 11 is 6.01. The maximum atomic E-state index is 12.5. The Hall–Kier alpha value is -1.84. The van der Waals surface area contributed by atoms with Crippen LogP contribution in [0.1, 0.15) is 24.0 Å². The second-order valence-corrected chi connectivity index (χ2v) is 7.10. The zero-order valence-electron chi connectivity index (χ0n) is 14.0. The van der Waals surface area contributed by atoms with E-state index in [1.807, 2.05) is 49.4 Å². The van der Waals surface area contributed by atoms with E-state index in [4.69, 9.17) is 16.3 Å². The molecule has 0 spiro atoms. The van der Waals surface area contributed by atoms with Gasteiger partial charge in [0.25, 0.3) is 0 Å². The molecule has 2 unspecified atom stereocenters. The van der Waals surface area contributed by atoms with Crippen molar-refractivity contribution >= 4 is 17.6 Å². The van der Waals surface area contributed by atoms with E-state index in [1.165, 1.54) is 12.7 Å². The molecule has 0 saturated carbocycles. The Kier molecular flexibility index (Phi) is 4.93. The maximum Gasteiger partial charge on any atom is 0.313 e. The van der Waals surface area contributed by atoms with E-state index in [0.29, 0.717) is 11.6 Å². The molecule has 0 aromatic heterocycles. The number of carbonyl (C=O) groups is 1. The number of rotatable bonds is 4. The summed E-state index contributed by atoms with van der Waals surface area (Å²) in [4.78, 5) is 14.8. The molecular weight excluding hydrogens is 322 g/mol. The summed E-state index contributed by atoms with van der Waals surface area (Å²) in [5, 5.41) is 0.706. The molecule has 2 aromatic carbocycles. The van der Waals surface area contributed by atoms with E-state index in [1.54, 1.807) is 0 Å². The van der Waals surface area contributed by atoms with Crippen molar-refractivity contribution in [2.75, 3.05) is 20.2 Å². The number of benzene rings is 2. The molecule has 24 heavy (non-hydrogen) atoms. The number of nitrogens with zero attached hydrogens (tertiary/aromatic N) is 1. The molecule has 1 aliphatic heterocycles. The molecule has 126 valence electrons. The lowest BCUT2D eigenvalue weighted by Crippen LogP contribution is -2.36. The van der Waals surface area contributed by atoms with Gasteiger partial charge < -0.3 is 4.74 Å². The van der Waals surface area contributed by atoms with Gasteiger partial charge in [0.15, 0.2) is 0 Å². The van der Waals surface area contributed by atoms with Gasteiger partial charge in [0.1, 0.15) is 0 Å². The van der Waals surface area contributed by atoms with Crippen molar-refractivity contribution in [3.05, 3.63) is 70.7 Å². The Bertz CT molecular complexity index is 701. The van der Waals surface area contributed by atoms with Gasteiger partial charge in [-0.2, -0.15) is 0 Å². The highest BCUT2D eigenvalue weighted by Crippen LogP contribution is 2.44. The van der Waals surface area contributed by atoms with Gasteiger partial charge in [-0.15, -0.1) is 0 Å². The Morgan fingerprint density at radius 1 is 1.21 bits per heavy atom. The van der Waals surface area contributed by atoms with Crippen LogP contribution >= 0.6 is 11.6 Å². The number of esters is 1. The van der Waals surface area contributed by atoms with Gasteiger partial charge in [-0.1, -0.05) is 54.1 Å². The summed E-state index contributed by atoms with van der Waals surface area (Å²) in [6.45, 7) is 4.34. The zero-order valence-corrected chi connectivity index (χ0v) is 14.8. The first kappa shape index (κ1) is 17.0. The van der Waals surface area contributed by atoms with Gasteiger partial charge in [-0.25, -0.2) is 0 Å². The van der Waals surface area contributed by atoms with Crippen LogP contribution in [0.4, 0.5) is 0 Å². The minimum atomic E-state index is -0.558. The number of ether oxygens (including phenoxy) is 1. The van der Waals surface area contributed by atoms with Crippen molar-refractivity contribution < 1.29 is 9.53 Å².